The minimum atomic E-state index is -0.305. The molecule has 6 nitrogen and oxygen atoms in total. The molecule has 0 aromatic carbocycles. The molecule has 0 saturated carbocycles. The van der Waals surface area contributed by atoms with Gasteiger partial charge in [-0.2, -0.15) is 0 Å². The van der Waals surface area contributed by atoms with Crippen LogP contribution in [0.2, 0.25) is 0 Å². The summed E-state index contributed by atoms with van der Waals surface area (Å²) in [6, 6.07) is 1.79. The predicted octanol–water partition coefficient (Wildman–Crippen LogP) is 3.80. The first-order valence-electron chi connectivity index (χ1n) is 8.52. The quantitative estimate of drug-likeness (QED) is 0.418. The van der Waals surface area contributed by atoms with Crippen molar-refractivity contribution in [2.75, 3.05) is 13.2 Å². The second-order valence-electron chi connectivity index (χ2n) is 5.65. The standard InChI is InChI=1S/C20H23Cl2N3O3/c1-4-16-10-17(12-23-11-16)20(27)25-14(2)7-8-24-19(26)13-28-9-5-6-18(22)15(3)21/h5-6,9-12H,2-4,7-8,13H2,1H3,(H,24,26)(H,25,27)/b9-5+,18-6+. The van der Waals surface area contributed by atoms with E-state index in [1.165, 1.54) is 24.6 Å². The lowest BCUT2D eigenvalue weighted by Crippen LogP contribution is -2.30. The number of carbonyl (C=O) groups excluding carboxylic acids is 2. The lowest BCUT2D eigenvalue weighted by Gasteiger charge is -2.10. The summed E-state index contributed by atoms with van der Waals surface area (Å²) in [4.78, 5) is 27.9. The van der Waals surface area contributed by atoms with Gasteiger partial charge in [-0.1, -0.05) is 43.3 Å². The lowest BCUT2D eigenvalue weighted by molar-refractivity contribution is -0.123. The van der Waals surface area contributed by atoms with Gasteiger partial charge in [0.15, 0.2) is 6.61 Å². The maximum absolute atomic E-state index is 12.2. The van der Waals surface area contributed by atoms with Crippen LogP contribution < -0.4 is 10.6 Å². The van der Waals surface area contributed by atoms with E-state index in [1.807, 2.05) is 6.92 Å². The number of ether oxygens (including phenoxy) is 1. The average molecular weight is 424 g/mol. The second kappa shape index (κ2) is 12.8. The number of amides is 2. The third-order valence-corrected chi connectivity index (χ3v) is 4.05. The summed E-state index contributed by atoms with van der Waals surface area (Å²) in [7, 11) is 0. The molecule has 1 heterocycles. The maximum atomic E-state index is 12.2. The van der Waals surface area contributed by atoms with Gasteiger partial charge in [0.25, 0.3) is 11.8 Å². The van der Waals surface area contributed by atoms with Gasteiger partial charge in [0, 0.05) is 31.1 Å². The molecule has 8 heteroatoms. The van der Waals surface area contributed by atoms with Gasteiger partial charge in [-0.3, -0.25) is 14.6 Å². The number of nitrogens with zero attached hydrogens (tertiary/aromatic N) is 1. The highest BCUT2D eigenvalue weighted by Gasteiger charge is 2.08. The number of aryl methyl sites for hydroxylation is 1. The van der Waals surface area contributed by atoms with Crippen LogP contribution >= 0.6 is 23.2 Å². The molecule has 0 aliphatic rings. The molecule has 1 aromatic heterocycles. The number of pyridine rings is 1. The van der Waals surface area contributed by atoms with Crippen molar-refractivity contribution in [3.63, 3.8) is 0 Å². The Bertz CT molecular complexity index is 789. The van der Waals surface area contributed by atoms with Crippen LogP contribution in [-0.2, 0) is 16.0 Å². The van der Waals surface area contributed by atoms with Gasteiger partial charge in [-0.05, 0) is 30.2 Å². The first kappa shape index (κ1) is 23.5. The summed E-state index contributed by atoms with van der Waals surface area (Å²) in [6.45, 7) is 9.41. The Morgan fingerprint density at radius 3 is 2.71 bits per heavy atom. The van der Waals surface area contributed by atoms with E-state index in [4.69, 9.17) is 27.9 Å². The molecule has 1 aromatic rings. The fourth-order valence-electron chi connectivity index (χ4n) is 1.90. The van der Waals surface area contributed by atoms with Crippen molar-refractivity contribution >= 4 is 35.0 Å². The van der Waals surface area contributed by atoms with Crippen molar-refractivity contribution < 1.29 is 14.3 Å². The van der Waals surface area contributed by atoms with Crippen LogP contribution in [0.25, 0.3) is 0 Å². The Labute approximate surface area is 175 Å². The smallest absolute Gasteiger partial charge is 0.257 e. The van der Waals surface area contributed by atoms with E-state index < -0.39 is 0 Å². The van der Waals surface area contributed by atoms with Crippen molar-refractivity contribution in [1.82, 2.24) is 15.6 Å². The fourth-order valence-corrected chi connectivity index (χ4v) is 2.03. The monoisotopic (exact) mass is 423 g/mol. The summed E-state index contributed by atoms with van der Waals surface area (Å²) in [5, 5.41) is 5.86. The molecular formula is C20H23Cl2N3O3. The molecule has 0 spiro atoms. The Kier molecular flexibility index (Phi) is 10.7. The Morgan fingerprint density at radius 2 is 2.04 bits per heavy atom. The lowest BCUT2D eigenvalue weighted by atomic mass is 10.1. The van der Waals surface area contributed by atoms with Crippen LogP contribution in [0, 0.1) is 0 Å². The van der Waals surface area contributed by atoms with Crippen LogP contribution in [0.4, 0.5) is 0 Å². The van der Waals surface area contributed by atoms with Crippen molar-refractivity contribution in [3.05, 3.63) is 76.9 Å². The van der Waals surface area contributed by atoms with E-state index in [2.05, 4.69) is 28.8 Å². The predicted molar refractivity (Wildman–Crippen MR) is 112 cm³/mol. The molecule has 0 bridgehead atoms. The molecule has 0 radical (unpaired) electrons. The van der Waals surface area contributed by atoms with E-state index in [0.29, 0.717) is 24.2 Å². The van der Waals surface area contributed by atoms with Crippen molar-refractivity contribution in [3.8, 4) is 0 Å². The van der Waals surface area contributed by atoms with Crippen LogP contribution in [0.15, 0.2) is 65.8 Å². The van der Waals surface area contributed by atoms with Crippen molar-refractivity contribution in [2.45, 2.75) is 19.8 Å². The molecule has 150 valence electrons. The van der Waals surface area contributed by atoms with Crippen LogP contribution in [-0.4, -0.2) is 29.9 Å². The molecule has 0 aliphatic carbocycles. The summed E-state index contributed by atoms with van der Waals surface area (Å²) in [5.41, 5.74) is 1.94. The Balaban J connectivity index is 2.27. The highest BCUT2D eigenvalue weighted by atomic mass is 35.5. The largest absolute Gasteiger partial charge is 0.491 e. The second-order valence-corrected chi connectivity index (χ2v) is 6.52. The number of hydrogen-bond donors (Lipinski definition) is 2. The SMILES string of the molecule is C=C(CCNC(=O)CO/C=C/C=C(/Cl)C(=C)Cl)NC(=O)c1cncc(CC)c1. The van der Waals surface area contributed by atoms with Gasteiger partial charge >= 0.3 is 0 Å². The molecule has 28 heavy (non-hydrogen) atoms. The first-order valence-corrected chi connectivity index (χ1v) is 9.27. The van der Waals surface area contributed by atoms with Gasteiger partial charge in [0.1, 0.15) is 0 Å². The molecule has 0 atom stereocenters. The Hall–Kier alpha value is -2.57. The summed E-state index contributed by atoms with van der Waals surface area (Å²) >= 11 is 11.3. The number of carbonyl (C=O) groups is 2. The van der Waals surface area contributed by atoms with E-state index in [9.17, 15) is 9.59 Å². The van der Waals surface area contributed by atoms with Crippen molar-refractivity contribution in [2.24, 2.45) is 0 Å². The van der Waals surface area contributed by atoms with Gasteiger partial charge < -0.3 is 15.4 Å². The zero-order valence-corrected chi connectivity index (χ0v) is 17.1. The van der Waals surface area contributed by atoms with Crippen LogP contribution in [0.1, 0.15) is 29.3 Å². The number of allylic oxidation sites excluding steroid dienone is 4. The van der Waals surface area contributed by atoms with E-state index in [-0.39, 0.29) is 28.5 Å². The first-order chi connectivity index (χ1) is 13.3. The number of halogens is 2. The van der Waals surface area contributed by atoms with E-state index >= 15 is 0 Å². The molecule has 1 rings (SSSR count). The molecule has 0 saturated heterocycles. The maximum Gasteiger partial charge on any atom is 0.257 e. The minimum Gasteiger partial charge on any atom is -0.491 e. The third-order valence-electron chi connectivity index (χ3n) is 3.40. The van der Waals surface area contributed by atoms with Gasteiger partial charge in [0.05, 0.1) is 21.9 Å². The zero-order valence-electron chi connectivity index (χ0n) is 15.6. The number of rotatable bonds is 11. The van der Waals surface area contributed by atoms with Crippen LogP contribution in [0.3, 0.4) is 0 Å². The van der Waals surface area contributed by atoms with Crippen LogP contribution in [0.5, 0.6) is 0 Å². The van der Waals surface area contributed by atoms with Crippen molar-refractivity contribution in [1.29, 1.82) is 0 Å². The normalized spacial score (nSPS) is 11.2. The summed E-state index contributed by atoms with van der Waals surface area (Å²) in [5.74, 6) is -0.584. The average Bonchev–Trinajstić information content (AvgIpc) is 2.67. The number of nitrogens with one attached hydrogen (secondary N) is 2. The molecular weight excluding hydrogens is 401 g/mol. The highest BCUT2D eigenvalue weighted by molar-refractivity contribution is 6.43. The molecule has 0 fully saturated rings. The number of aromatic nitrogens is 1. The van der Waals surface area contributed by atoms with Gasteiger partial charge in [-0.15, -0.1) is 0 Å². The zero-order chi connectivity index (χ0) is 20.9. The Morgan fingerprint density at radius 1 is 1.29 bits per heavy atom. The van der Waals surface area contributed by atoms with E-state index in [1.54, 1.807) is 12.3 Å². The molecule has 2 amide bonds. The summed E-state index contributed by atoms with van der Waals surface area (Å²) in [6.07, 6.45) is 8.72. The highest BCUT2D eigenvalue weighted by Crippen LogP contribution is 2.15. The molecule has 0 unspecified atom stereocenters. The number of hydrogen-bond acceptors (Lipinski definition) is 4. The molecule has 0 aliphatic heterocycles. The third kappa shape index (κ3) is 9.39. The summed E-state index contributed by atoms with van der Waals surface area (Å²) < 4.78 is 5.06. The fraction of sp³-hybridized carbons (Fsp3) is 0.250. The topological polar surface area (TPSA) is 80.3 Å². The van der Waals surface area contributed by atoms with E-state index in [0.717, 1.165) is 12.0 Å². The minimum absolute atomic E-state index is 0.155. The van der Waals surface area contributed by atoms with Gasteiger partial charge in [0.2, 0.25) is 0 Å². The molecule has 2 N–H and O–H groups in total. The van der Waals surface area contributed by atoms with Gasteiger partial charge in [-0.25, -0.2) is 0 Å².